The van der Waals surface area contributed by atoms with Gasteiger partial charge in [0.1, 0.15) is 16.9 Å². The van der Waals surface area contributed by atoms with Gasteiger partial charge in [0.15, 0.2) is 5.75 Å². The Labute approximate surface area is 206 Å². The third-order valence-corrected chi connectivity index (χ3v) is 6.56. The predicted molar refractivity (Wildman–Crippen MR) is 137 cm³/mol. The predicted octanol–water partition coefficient (Wildman–Crippen LogP) is 4.80. The van der Waals surface area contributed by atoms with E-state index < -0.39 is 21.5 Å². The van der Waals surface area contributed by atoms with Gasteiger partial charge in [-0.2, -0.15) is 8.42 Å². The van der Waals surface area contributed by atoms with Crippen molar-refractivity contribution in [3.63, 3.8) is 0 Å². The first-order valence-corrected chi connectivity index (χ1v) is 12.7. The summed E-state index contributed by atoms with van der Waals surface area (Å²) in [6.45, 7) is 0.194. The van der Waals surface area contributed by atoms with Crippen molar-refractivity contribution >= 4 is 32.9 Å². The Morgan fingerprint density at radius 3 is 2.50 bits per heavy atom. The zero-order valence-corrected chi connectivity index (χ0v) is 19.7. The molecule has 1 aliphatic rings. The monoisotopic (exact) mass is 503 g/mol. The average Bonchev–Trinajstić information content (AvgIpc) is 3.20. The standard InChI is InChI=1S/C27H21NO7S/c29-26-20-9-4-5-10-23(20)35-27(30)21(26)12-14-25-28(15-6-16-36(31,32)33)22-17-19(11-13-24(22)34-25)18-7-2-1-3-8-18/h1-5,7-13,17,29H,6,15-16H2,(H,31,32,33). The van der Waals surface area contributed by atoms with Crippen LogP contribution >= 0.6 is 0 Å². The topological polar surface area (TPSA) is 117 Å². The zero-order chi connectivity index (χ0) is 25.3. The fourth-order valence-corrected chi connectivity index (χ4v) is 4.53. The summed E-state index contributed by atoms with van der Waals surface area (Å²) in [5.41, 5.74) is 4.94. The molecule has 2 heterocycles. The van der Waals surface area contributed by atoms with Gasteiger partial charge in [0.25, 0.3) is 10.1 Å². The molecule has 182 valence electrons. The smallest absolute Gasteiger partial charge is 0.348 e. The first-order chi connectivity index (χ1) is 17.3. The summed E-state index contributed by atoms with van der Waals surface area (Å²) in [5, 5.41) is 11.0. The lowest BCUT2D eigenvalue weighted by atomic mass is 10.0. The van der Waals surface area contributed by atoms with Crippen LogP contribution in [0.2, 0.25) is 0 Å². The molecule has 0 fully saturated rings. The molecule has 0 saturated carbocycles. The molecule has 4 aromatic rings. The number of ether oxygens (including phenoxy) is 1. The van der Waals surface area contributed by atoms with Crippen LogP contribution in [0.5, 0.6) is 11.5 Å². The van der Waals surface area contributed by atoms with E-state index in [0.29, 0.717) is 16.8 Å². The molecule has 36 heavy (non-hydrogen) atoms. The number of para-hydroxylation sites is 1. The average molecular weight is 504 g/mol. The molecule has 0 bridgehead atoms. The van der Waals surface area contributed by atoms with Gasteiger partial charge in [0, 0.05) is 12.6 Å². The first kappa shape index (κ1) is 23.4. The van der Waals surface area contributed by atoms with Crippen LogP contribution < -0.4 is 15.3 Å². The highest BCUT2D eigenvalue weighted by Gasteiger charge is 2.27. The van der Waals surface area contributed by atoms with Crippen molar-refractivity contribution < 1.29 is 27.2 Å². The number of benzene rings is 3. The zero-order valence-electron chi connectivity index (χ0n) is 18.9. The molecule has 0 aliphatic carbocycles. The molecule has 1 aliphatic heterocycles. The Kier molecular flexibility index (Phi) is 6.12. The van der Waals surface area contributed by atoms with Crippen LogP contribution in [0.3, 0.4) is 0 Å². The van der Waals surface area contributed by atoms with Crippen LogP contribution in [-0.4, -0.2) is 30.4 Å². The molecule has 9 heteroatoms. The molecule has 8 nitrogen and oxygen atoms in total. The molecule has 0 unspecified atom stereocenters. The Balaban J connectivity index is 1.57. The Hall–Kier alpha value is -4.30. The van der Waals surface area contributed by atoms with E-state index in [-0.39, 0.29) is 35.7 Å². The number of nitrogens with zero attached hydrogens (tertiary/aromatic N) is 1. The van der Waals surface area contributed by atoms with Crippen molar-refractivity contribution in [1.82, 2.24) is 0 Å². The normalized spacial score (nSPS) is 12.8. The van der Waals surface area contributed by atoms with Crippen LogP contribution in [0.1, 0.15) is 12.0 Å². The van der Waals surface area contributed by atoms with Gasteiger partial charge >= 0.3 is 5.63 Å². The molecule has 0 spiro atoms. The van der Waals surface area contributed by atoms with Crippen LogP contribution in [0.4, 0.5) is 5.69 Å². The number of fused-ring (bicyclic) bond motifs is 2. The second-order valence-corrected chi connectivity index (χ2v) is 9.76. The molecule has 5 rings (SSSR count). The maximum Gasteiger partial charge on any atom is 0.348 e. The van der Waals surface area contributed by atoms with Gasteiger partial charge in [-0.25, -0.2) is 4.79 Å². The van der Waals surface area contributed by atoms with E-state index in [1.165, 1.54) is 6.08 Å². The number of anilines is 1. The summed E-state index contributed by atoms with van der Waals surface area (Å²) in [6.07, 6.45) is 1.40. The van der Waals surface area contributed by atoms with E-state index in [2.05, 4.69) is 5.73 Å². The SMILES string of the molecule is O=c1oc2ccccc2c(O)c1C=C=C1Oc2ccc(-c3ccccc3)cc2N1CCCS(=O)(=O)O. The number of aromatic hydroxyl groups is 1. The largest absolute Gasteiger partial charge is 0.506 e. The van der Waals surface area contributed by atoms with Gasteiger partial charge in [0.05, 0.1) is 16.8 Å². The lowest BCUT2D eigenvalue weighted by Crippen LogP contribution is -2.23. The molecule has 2 N–H and O–H groups in total. The van der Waals surface area contributed by atoms with Crippen molar-refractivity contribution in [2.24, 2.45) is 0 Å². The third kappa shape index (κ3) is 4.76. The number of hydrogen-bond acceptors (Lipinski definition) is 7. The highest BCUT2D eigenvalue weighted by atomic mass is 32.2. The quantitative estimate of drug-likeness (QED) is 0.219. The lowest BCUT2D eigenvalue weighted by Gasteiger charge is -2.17. The molecule has 0 saturated heterocycles. The Bertz CT molecular complexity index is 1680. The van der Waals surface area contributed by atoms with Crippen molar-refractivity contribution in [2.45, 2.75) is 6.42 Å². The Morgan fingerprint density at radius 2 is 1.72 bits per heavy atom. The van der Waals surface area contributed by atoms with E-state index in [9.17, 15) is 18.3 Å². The fraction of sp³-hybridized carbons (Fsp3) is 0.111. The van der Waals surface area contributed by atoms with Gasteiger partial charge in [-0.1, -0.05) is 54.3 Å². The summed E-state index contributed by atoms with van der Waals surface area (Å²) in [5.74, 6) is 0.0583. The van der Waals surface area contributed by atoms with Crippen molar-refractivity contribution in [3.8, 4) is 22.6 Å². The van der Waals surface area contributed by atoms with E-state index in [0.717, 1.165) is 11.1 Å². The highest BCUT2D eigenvalue weighted by Crippen LogP contribution is 2.41. The molecule has 0 atom stereocenters. The van der Waals surface area contributed by atoms with Gasteiger partial charge < -0.3 is 19.2 Å². The summed E-state index contributed by atoms with van der Waals surface area (Å²) in [6, 6.07) is 22.0. The minimum atomic E-state index is -4.14. The molecule has 0 amide bonds. The van der Waals surface area contributed by atoms with Crippen LogP contribution in [0.15, 0.2) is 93.6 Å². The van der Waals surface area contributed by atoms with Crippen LogP contribution in [-0.2, 0) is 10.1 Å². The van der Waals surface area contributed by atoms with E-state index >= 15 is 0 Å². The lowest BCUT2D eigenvalue weighted by molar-refractivity contribution is 0.438. The molecule has 3 aromatic carbocycles. The summed E-state index contributed by atoms with van der Waals surface area (Å²) in [4.78, 5) is 14.2. The Morgan fingerprint density at radius 1 is 0.972 bits per heavy atom. The number of hydrogen-bond donors (Lipinski definition) is 2. The van der Waals surface area contributed by atoms with E-state index in [1.54, 1.807) is 35.2 Å². The maximum absolute atomic E-state index is 12.5. The number of rotatable bonds is 6. The van der Waals surface area contributed by atoms with Gasteiger partial charge in [-0.05, 0) is 41.8 Å². The minimum absolute atomic E-state index is 0.0939. The summed E-state index contributed by atoms with van der Waals surface area (Å²) < 4.78 is 43.0. The second-order valence-electron chi connectivity index (χ2n) is 8.18. The third-order valence-electron chi connectivity index (χ3n) is 5.75. The molecular formula is C27H21NO7S. The molecule has 1 aromatic heterocycles. The van der Waals surface area contributed by atoms with Gasteiger partial charge in [-0.15, -0.1) is 0 Å². The van der Waals surface area contributed by atoms with Crippen molar-refractivity contribution in [3.05, 3.63) is 100 Å². The summed E-state index contributed by atoms with van der Waals surface area (Å²) in [7, 11) is -4.14. The minimum Gasteiger partial charge on any atom is -0.506 e. The maximum atomic E-state index is 12.5. The van der Waals surface area contributed by atoms with Crippen molar-refractivity contribution in [1.29, 1.82) is 0 Å². The second kappa shape index (κ2) is 9.39. The fourth-order valence-electron chi connectivity index (χ4n) is 4.04. The van der Waals surface area contributed by atoms with Crippen LogP contribution in [0.25, 0.3) is 28.2 Å². The van der Waals surface area contributed by atoms with Gasteiger partial charge in [-0.3, -0.25) is 4.55 Å². The van der Waals surface area contributed by atoms with E-state index in [4.69, 9.17) is 13.7 Å². The highest BCUT2D eigenvalue weighted by molar-refractivity contribution is 7.85. The molecule has 0 radical (unpaired) electrons. The van der Waals surface area contributed by atoms with Crippen molar-refractivity contribution in [2.75, 3.05) is 17.2 Å². The molecular weight excluding hydrogens is 482 g/mol. The van der Waals surface area contributed by atoms with Gasteiger partial charge in [0.2, 0.25) is 5.88 Å². The van der Waals surface area contributed by atoms with Crippen LogP contribution in [0, 0.1) is 0 Å². The summed E-state index contributed by atoms with van der Waals surface area (Å²) >= 11 is 0. The van der Waals surface area contributed by atoms with E-state index in [1.807, 2.05) is 42.5 Å². The first-order valence-electron chi connectivity index (χ1n) is 11.1.